The number of rotatable bonds is 2. The molecular formula is C13H12N2O4. The molecule has 0 unspecified atom stereocenters. The molecule has 1 aromatic heterocycles. The van der Waals surface area contributed by atoms with Crippen molar-refractivity contribution in [2.24, 2.45) is 0 Å². The van der Waals surface area contributed by atoms with E-state index in [0.29, 0.717) is 21.5 Å². The lowest BCUT2D eigenvalue weighted by Crippen LogP contribution is -2.25. The highest BCUT2D eigenvalue weighted by molar-refractivity contribution is 5.90. The van der Waals surface area contributed by atoms with Gasteiger partial charge < -0.3 is 15.7 Å². The van der Waals surface area contributed by atoms with E-state index in [-0.39, 0.29) is 5.56 Å². The van der Waals surface area contributed by atoms with Crippen LogP contribution in [0.15, 0.2) is 41.3 Å². The molecule has 3 N–H and O–H groups in total. The number of aromatic nitrogens is 1. The molecule has 98 valence electrons. The SMILES string of the molecule is COC(=O)c1cc(-c2cccc(N)c2)cn(O)c1=O. The van der Waals surface area contributed by atoms with Crippen molar-refractivity contribution in [1.29, 1.82) is 0 Å². The summed E-state index contributed by atoms with van der Waals surface area (Å²) in [6.45, 7) is 0. The predicted molar refractivity (Wildman–Crippen MR) is 69.1 cm³/mol. The number of anilines is 1. The van der Waals surface area contributed by atoms with Crippen molar-refractivity contribution < 1.29 is 14.7 Å². The Morgan fingerprint density at radius 1 is 1.32 bits per heavy atom. The minimum atomic E-state index is -0.834. The molecule has 0 bridgehead atoms. The minimum absolute atomic E-state index is 0.245. The van der Waals surface area contributed by atoms with Gasteiger partial charge in [0.05, 0.1) is 13.3 Å². The number of nitrogens with two attached hydrogens (primary N) is 1. The van der Waals surface area contributed by atoms with Crippen LogP contribution in [-0.2, 0) is 4.74 Å². The summed E-state index contributed by atoms with van der Waals surface area (Å²) < 4.78 is 4.85. The lowest BCUT2D eigenvalue weighted by molar-refractivity contribution is 0.0592. The van der Waals surface area contributed by atoms with Crippen molar-refractivity contribution in [3.05, 3.63) is 52.4 Å². The molecule has 0 atom stereocenters. The van der Waals surface area contributed by atoms with E-state index in [9.17, 15) is 14.8 Å². The highest BCUT2D eigenvalue weighted by Gasteiger charge is 2.15. The third-order valence-electron chi connectivity index (χ3n) is 2.62. The first-order valence-electron chi connectivity index (χ1n) is 5.43. The van der Waals surface area contributed by atoms with E-state index in [2.05, 4.69) is 4.74 Å². The molecule has 0 fully saturated rings. The second-order valence-electron chi connectivity index (χ2n) is 3.91. The van der Waals surface area contributed by atoms with E-state index >= 15 is 0 Å². The molecular weight excluding hydrogens is 248 g/mol. The summed E-state index contributed by atoms with van der Waals surface area (Å²) in [5.74, 6) is -0.807. The molecule has 19 heavy (non-hydrogen) atoms. The zero-order valence-electron chi connectivity index (χ0n) is 10.2. The van der Waals surface area contributed by atoms with Crippen molar-refractivity contribution >= 4 is 11.7 Å². The standard InChI is InChI=1S/C13H12N2O4/c1-19-13(17)11-6-9(7-15(18)12(11)16)8-3-2-4-10(14)5-8/h2-7,18H,14H2,1H3. The average Bonchev–Trinajstić information content (AvgIpc) is 2.40. The summed E-state index contributed by atoms with van der Waals surface area (Å²) in [4.78, 5) is 23.1. The highest BCUT2D eigenvalue weighted by atomic mass is 16.5. The van der Waals surface area contributed by atoms with Gasteiger partial charge in [0.1, 0.15) is 5.56 Å². The largest absolute Gasteiger partial charge is 0.465 e. The van der Waals surface area contributed by atoms with E-state index in [4.69, 9.17) is 5.73 Å². The van der Waals surface area contributed by atoms with E-state index in [0.717, 1.165) is 7.11 Å². The Morgan fingerprint density at radius 2 is 2.05 bits per heavy atom. The molecule has 6 heteroatoms. The van der Waals surface area contributed by atoms with Crippen molar-refractivity contribution in [3.8, 4) is 11.1 Å². The van der Waals surface area contributed by atoms with Gasteiger partial charge in [0, 0.05) is 11.3 Å². The van der Waals surface area contributed by atoms with Gasteiger partial charge in [-0.05, 0) is 23.8 Å². The molecule has 0 radical (unpaired) electrons. The Bertz CT molecular complexity index is 691. The first-order valence-corrected chi connectivity index (χ1v) is 5.43. The maximum Gasteiger partial charge on any atom is 0.343 e. The summed E-state index contributed by atoms with van der Waals surface area (Å²) in [5, 5.41) is 9.52. The number of carbonyl (C=O) groups is 1. The van der Waals surface area contributed by atoms with Crippen molar-refractivity contribution in [2.75, 3.05) is 12.8 Å². The van der Waals surface area contributed by atoms with Crippen LogP contribution in [-0.4, -0.2) is 23.0 Å². The quantitative estimate of drug-likeness (QED) is 0.479. The van der Waals surface area contributed by atoms with Crippen molar-refractivity contribution in [2.45, 2.75) is 0 Å². The molecule has 1 aromatic carbocycles. The fourth-order valence-corrected chi connectivity index (χ4v) is 1.70. The van der Waals surface area contributed by atoms with Gasteiger partial charge in [0.15, 0.2) is 0 Å². The Hall–Kier alpha value is -2.76. The van der Waals surface area contributed by atoms with Gasteiger partial charge in [-0.1, -0.05) is 12.1 Å². The Kier molecular flexibility index (Phi) is 3.24. The topological polar surface area (TPSA) is 94.6 Å². The normalized spacial score (nSPS) is 10.2. The molecule has 2 rings (SSSR count). The van der Waals surface area contributed by atoms with E-state index in [1.54, 1.807) is 24.3 Å². The van der Waals surface area contributed by atoms with Gasteiger partial charge in [-0.3, -0.25) is 4.79 Å². The monoisotopic (exact) mass is 260 g/mol. The van der Waals surface area contributed by atoms with Crippen LogP contribution >= 0.6 is 0 Å². The highest BCUT2D eigenvalue weighted by Crippen LogP contribution is 2.21. The number of carbonyl (C=O) groups excluding carboxylic acids is 1. The number of methoxy groups -OCH3 is 1. The van der Waals surface area contributed by atoms with Crippen LogP contribution in [0.4, 0.5) is 5.69 Å². The summed E-state index contributed by atoms with van der Waals surface area (Å²) in [7, 11) is 1.16. The van der Waals surface area contributed by atoms with Crippen LogP contribution in [0.5, 0.6) is 0 Å². The number of hydrogen-bond donors (Lipinski definition) is 2. The molecule has 0 aliphatic carbocycles. The van der Waals surface area contributed by atoms with E-state index in [1.165, 1.54) is 12.3 Å². The van der Waals surface area contributed by atoms with Crippen LogP contribution < -0.4 is 11.3 Å². The Labute approximate surface area is 108 Å². The third-order valence-corrected chi connectivity index (χ3v) is 2.62. The van der Waals surface area contributed by atoms with Gasteiger partial charge in [0.25, 0.3) is 5.56 Å². The van der Waals surface area contributed by atoms with Gasteiger partial charge in [-0.15, -0.1) is 0 Å². The van der Waals surface area contributed by atoms with E-state index < -0.39 is 11.5 Å². The smallest absolute Gasteiger partial charge is 0.343 e. The second-order valence-corrected chi connectivity index (χ2v) is 3.91. The molecule has 0 saturated heterocycles. The Morgan fingerprint density at radius 3 is 2.68 bits per heavy atom. The molecule has 0 amide bonds. The summed E-state index contributed by atoms with van der Waals surface area (Å²) in [6.07, 6.45) is 1.21. The minimum Gasteiger partial charge on any atom is -0.465 e. The first-order chi connectivity index (χ1) is 9.02. The number of pyridine rings is 1. The molecule has 0 saturated carbocycles. The summed E-state index contributed by atoms with van der Waals surface area (Å²) in [6, 6.07) is 8.21. The first kappa shape index (κ1) is 12.7. The second kappa shape index (κ2) is 4.85. The lowest BCUT2D eigenvalue weighted by atomic mass is 10.1. The zero-order valence-corrected chi connectivity index (χ0v) is 10.2. The van der Waals surface area contributed by atoms with E-state index in [1.807, 2.05) is 0 Å². The zero-order chi connectivity index (χ0) is 14.0. The summed E-state index contributed by atoms with van der Waals surface area (Å²) in [5.41, 5.74) is 6.28. The fourth-order valence-electron chi connectivity index (χ4n) is 1.70. The van der Waals surface area contributed by atoms with Crippen LogP contribution in [0.2, 0.25) is 0 Å². The number of benzene rings is 1. The molecule has 0 spiro atoms. The van der Waals surface area contributed by atoms with Gasteiger partial charge in [0.2, 0.25) is 0 Å². The number of nitrogen functional groups attached to an aromatic ring is 1. The van der Waals surface area contributed by atoms with Crippen molar-refractivity contribution in [3.63, 3.8) is 0 Å². The van der Waals surface area contributed by atoms with Crippen LogP contribution in [0, 0.1) is 0 Å². The maximum atomic E-state index is 11.6. The van der Waals surface area contributed by atoms with Gasteiger partial charge >= 0.3 is 5.97 Å². The van der Waals surface area contributed by atoms with Crippen LogP contribution in [0.3, 0.4) is 0 Å². The third kappa shape index (κ3) is 2.42. The Balaban J connectivity index is 2.63. The maximum absolute atomic E-state index is 11.6. The molecule has 1 heterocycles. The van der Waals surface area contributed by atoms with Crippen LogP contribution in [0.1, 0.15) is 10.4 Å². The van der Waals surface area contributed by atoms with Gasteiger partial charge in [-0.2, -0.15) is 4.73 Å². The van der Waals surface area contributed by atoms with Crippen molar-refractivity contribution in [1.82, 2.24) is 4.73 Å². The molecule has 6 nitrogen and oxygen atoms in total. The van der Waals surface area contributed by atoms with Crippen LogP contribution in [0.25, 0.3) is 11.1 Å². The molecule has 0 aliphatic rings. The van der Waals surface area contributed by atoms with Gasteiger partial charge in [-0.25, -0.2) is 4.79 Å². The average molecular weight is 260 g/mol. The predicted octanol–water partition coefficient (Wildman–Crippen LogP) is 1.12. The number of hydrogen-bond acceptors (Lipinski definition) is 5. The lowest BCUT2D eigenvalue weighted by Gasteiger charge is -2.07. The molecule has 2 aromatic rings. The number of nitrogens with zero attached hydrogens (tertiary/aromatic N) is 1. The fraction of sp³-hybridized carbons (Fsp3) is 0.0769. The molecule has 0 aliphatic heterocycles. The summed E-state index contributed by atoms with van der Waals surface area (Å²) >= 11 is 0. The number of ether oxygens (including phenoxy) is 1. The number of esters is 1.